The molecule has 0 aliphatic rings. The largest absolute Gasteiger partial charge is 0.462 e. The van der Waals surface area contributed by atoms with E-state index in [2.05, 4.69) is 16.5 Å². The van der Waals surface area contributed by atoms with Gasteiger partial charge in [-0.15, -0.1) is 0 Å². The number of allylic oxidation sites excluding steroid dienone is 1. The molecule has 2 N–H and O–H groups in total. The van der Waals surface area contributed by atoms with E-state index in [1.165, 1.54) is 0 Å². The van der Waals surface area contributed by atoms with Crippen molar-refractivity contribution in [2.45, 2.75) is 13.8 Å². The number of nitrogens with two attached hydrogens (primary N) is 1. The Morgan fingerprint density at radius 2 is 2.35 bits per heavy atom. The Kier molecular flexibility index (Phi) is 4.39. The standard InChI is InChI=1S/C12H15N3O2/c1-4-17-12(16)9(7-13)11-14-6-5-10(15-11)8(2)3/h5-7H,2,4,13H2,1,3H3/b9-7+. The van der Waals surface area contributed by atoms with E-state index in [1.807, 2.05) is 6.92 Å². The third kappa shape index (κ3) is 3.14. The predicted molar refractivity (Wildman–Crippen MR) is 65.5 cm³/mol. The SMILES string of the molecule is C=C(C)c1ccnc(/C(=C\N)C(=O)OCC)n1. The van der Waals surface area contributed by atoms with Crippen molar-refractivity contribution >= 4 is 17.1 Å². The van der Waals surface area contributed by atoms with Crippen LogP contribution in [-0.2, 0) is 9.53 Å². The van der Waals surface area contributed by atoms with Gasteiger partial charge in [-0.1, -0.05) is 6.58 Å². The van der Waals surface area contributed by atoms with Gasteiger partial charge in [0.25, 0.3) is 0 Å². The van der Waals surface area contributed by atoms with E-state index in [4.69, 9.17) is 10.5 Å². The highest BCUT2D eigenvalue weighted by Crippen LogP contribution is 2.13. The fourth-order valence-corrected chi connectivity index (χ4v) is 1.17. The van der Waals surface area contributed by atoms with Crippen molar-refractivity contribution in [2.75, 3.05) is 6.61 Å². The average molecular weight is 233 g/mol. The van der Waals surface area contributed by atoms with Gasteiger partial charge in [-0.25, -0.2) is 14.8 Å². The van der Waals surface area contributed by atoms with Crippen LogP contribution in [0.3, 0.4) is 0 Å². The van der Waals surface area contributed by atoms with Crippen LogP contribution in [0.25, 0.3) is 11.1 Å². The normalized spacial score (nSPS) is 11.1. The van der Waals surface area contributed by atoms with E-state index in [-0.39, 0.29) is 18.0 Å². The van der Waals surface area contributed by atoms with Crippen molar-refractivity contribution in [1.29, 1.82) is 0 Å². The first-order chi connectivity index (χ1) is 8.10. The van der Waals surface area contributed by atoms with Crippen LogP contribution in [0.15, 0.2) is 25.0 Å². The second-order valence-electron chi connectivity index (χ2n) is 3.35. The van der Waals surface area contributed by atoms with E-state index in [9.17, 15) is 4.79 Å². The van der Waals surface area contributed by atoms with Crippen LogP contribution >= 0.6 is 0 Å². The van der Waals surface area contributed by atoms with Crippen LogP contribution < -0.4 is 5.73 Å². The predicted octanol–water partition coefficient (Wildman–Crippen LogP) is 1.37. The summed E-state index contributed by atoms with van der Waals surface area (Å²) in [5.41, 5.74) is 7.00. The molecule has 1 aromatic heterocycles. The fraction of sp³-hybridized carbons (Fsp3) is 0.250. The summed E-state index contributed by atoms with van der Waals surface area (Å²) in [5.74, 6) is -0.291. The minimum atomic E-state index is -0.533. The quantitative estimate of drug-likeness (QED) is 0.627. The second-order valence-corrected chi connectivity index (χ2v) is 3.35. The lowest BCUT2D eigenvalue weighted by molar-refractivity contribution is -0.136. The number of ether oxygens (including phenoxy) is 1. The number of aromatic nitrogens is 2. The Morgan fingerprint density at radius 3 is 2.88 bits per heavy atom. The van der Waals surface area contributed by atoms with E-state index in [0.29, 0.717) is 5.69 Å². The molecule has 0 saturated carbocycles. The van der Waals surface area contributed by atoms with Gasteiger partial charge in [0.15, 0.2) is 5.82 Å². The van der Waals surface area contributed by atoms with Gasteiger partial charge in [0.2, 0.25) is 0 Å². The van der Waals surface area contributed by atoms with Gasteiger partial charge in [0, 0.05) is 12.4 Å². The van der Waals surface area contributed by atoms with Gasteiger partial charge < -0.3 is 10.5 Å². The molecule has 0 radical (unpaired) electrons. The van der Waals surface area contributed by atoms with Crippen LogP contribution in [0.4, 0.5) is 0 Å². The molecule has 90 valence electrons. The number of hydrogen-bond donors (Lipinski definition) is 1. The van der Waals surface area contributed by atoms with Crippen LogP contribution in [0.2, 0.25) is 0 Å². The lowest BCUT2D eigenvalue weighted by Gasteiger charge is -2.06. The van der Waals surface area contributed by atoms with Crippen molar-refractivity contribution < 1.29 is 9.53 Å². The van der Waals surface area contributed by atoms with Gasteiger partial charge in [-0.3, -0.25) is 0 Å². The number of esters is 1. The van der Waals surface area contributed by atoms with Crippen LogP contribution in [0.5, 0.6) is 0 Å². The topological polar surface area (TPSA) is 78.1 Å². The summed E-state index contributed by atoms with van der Waals surface area (Å²) in [5, 5.41) is 0. The Bertz CT molecular complexity index is 467. The van der Waals surface area contributed by atoms with Gasteiger partial charge in [0.1, 0.15) is 5.57 Å². The lowest BCUT2D eigenvalue weighted by Crippen LogP contribution is -2.11. The third-order valence-electron chi connectivity index (χ3n) is 2.00. The molecule has 5 nitrogen and oxygen atoms in total. The van der Waals surface area contributed by atoms with Crippen LogP contribution in [0.1, 0.15) is 25.4 Å². The summed E-state index contributed by atoms with van der Waals surface area (Å²) in [6, 6.07) is 1.71. The highest BCUT2D eigenvalue weighted by molar-refractivity contribution is 6.15. The number of rotatable bonds is 4. The minimum absolute atomic E-state index is 0.148. The first-order valence-electron chi connectivity index (χ1n) is 5.18. The lowest BCUT2D eigenvalue weighted by atomic mass is 10.2. The van der Waals surface area contributed by atoms with Crippen molar-refractivity contribution in [2.24, 2.45) is 5.73 Å². The fourth-order valence-electron chi connectivity index (χ4n) is 1.17. The molecule has 0 fully saturated rings. The highest BCUT2D eigenvalue weighted by Gasteiger charge is 2.15. The molecular weight excluding hydrogens is 218 g/mol. The number of carbonyl (C=O) groups excluding carboxylic acids is 1. The zero-order valence-electron chi connectivity index (χ0n) is 9.93. The van der Waals surface area contributed by atoms with Crippen molar-refractivity contribution in [1.82, 2.24) is 9.97 Å². The minimum Gasteiger partial charge on any atom is -0.462 e. The summed E-state index contributed by atoms with van der Waals surface area (Å²) in [6.45, 7) is 7.59. The molecular formula is C12H15N3O2. The Morgan fingerprint density at radius 1 is 1.65 bits per heavy atom. The molecule has 0 unspecified atom stereocenters. The van der Waals surface area contributed by atoms with E-state index in [0.717, 1.165) is 11.8 Å². The molecule has 5 heteroatoms. The molecule has 17 heavy (non-hydrogen) atoms. The maximum Gasteiger partial charge on any atom is 0.343 e. The molecule has 0 saturated heterocycles. The smallest absolute Gasteiger partial charge is 0.343 e. The molecule has 0 bridgehead atoms. The second kappa shape index (κ2) is 5.79. The number of hydrogen-bond acceptors (Lipinski definition) is 5. The molecule has 0 atom stereocenters. The zero-order chi connectivity index (χ0) is 12.8. The maximum atomic E-state index is 11.6. The van der Waals surface area contributed by atoms with E-state index >= 15 is 0 Å². The van der Waals surface area contributed by atoms with Crippen LogP contribution in [-0.4, -0.2) is 22.5 Å². The highest BCUT2D eigenvalue weighted by atomic mass is 16.5. The molecule has 1 rings (SSSR count). The zero-order valence-corrected chi connectivity index (χ0v) is 9.93. The first kappa shape index (κ1) is 12.9. The Labute approximate surface area is 100 Å². The molecule has 0 aliphatic heterocycles. The molecule has 0 spiro atoms. The summed E-state index contributed by atoms with van der Waals surface area (Å²) < 4.78 is 4.86. The maximum absolute atomic E-state index is 11.6. The van der Waals surface area contributed by atoms with E-state index < -0.39 is 5.97 Å². The Balaban J connectivity index is 3.09. The summed E-state index contributed by atoms with van der Waals surface area (Å²) in [7, 11) is 0. The summed E-state index contributed by atoms with van der Waals surface area (Å²) >= 11 is 0. The van der Waals surface area contributed by atoms with Crippen molar-refractivity contribution in [3.05, 3.63) is 36.6 Å². The van der Waals surface area contributed by atoms with E-state index in [1.54, 1.807) is 19.2 Å². The van der Waals surface area contributed by atoms with Gasteiger partial charge in [-0.2, -0.15) is 0 Å². The Hall–Kier alpha value is -2.17. The average Bonchev–Trinajstić information content (AvgIpc) is 2.30. The summed E-state index contributed by atoms with van der Waals surface area (Å²) in [4.78, 5) is 19.8. The molecule has 1 aromatic rings. The van der Waals surface area contributed by atoms with Gasteiger partial charge >= 0.3 is 5.97 Å². The molecule has 0 aliphatic carbocycles. The molecule has 1 heterocycles. The van der Waals surface area contributed by atoms with Crippen molar-refractivity contribution in [3.63, 3.8) is 0 Å². The van der Waals surface area contributed by atoms with Crippen molar-refractivity contribution in [3.8, 4) is 0 Å². The summed E-state index contributed by atoms with van der Waals surface area (Å²) in [6.07, 6.45) is 2.70. The monoisotopic (exact) mass is 233 g/mol. The van der Waals surface area contributed by atoms with Gasteiger partial charge in [-0.05, 0) is 25.5 Å². The number of nitrogens with zero attached hydrogens (tertiary/aromatic N) is 2. The third-order valence-corrected chi connectivity index (χ3v) is 2.00. The number of carbonyl (C=O) groups is 1. The van der Waals surface area contributed by atoms with Gasteiger partial charge in [0.05, 0.1) is 12.3 Å². The van der Waals surface area contributed by atoms with Crippen LogP contribution in [0, 0.1) is 0 Å². The molecule has 0 amide bonds. The molecule has 0 aromatic carbocycles. The first-order valence-corrected chi connectivity index (χ1v) is 5.18.